The maximum Gasteiger partial charge on any atom is 0.247 e. The van der Waals surface area contributed by atoms with Crippen LogP contribution < -0.4 is 0 Å². The van der Waals surface area contributed by atoms with Crippen LogP contribution in [0, 0.1) is 17.8 Å². The zero-order chi connectivity index (χ0) is 27.8. The number of carbonyl (C=O) groups is 3. The smallest absolute Gasteiger partial charge is 0.247 e. The molecule has 38 heavy (non-hydrogen) atoms. The van der Waals surface area contributed by atoms with Gasteiger partial charge in [-0.1, -0.05) is 51.7 Å². The molecule has 212 valence electrons. The van der Waals surface area contributed by atoms with Crippen molar-refractivity contribution in [3.05, 3.63) is 25.3 Å². The summed E-state index contributed by atoms with van der Waals surface area (Å²) in [6.45, 7) is 14.6. The van der Waals surface area contributed by atoms with Crippen LogP contribution in [0.5, 0.6) is 0 Å². The van der Waals surface area contributed by atoms with Gasteiger partial charge in [0.15, 0.2) is 0 Å². The van der Waals surface area contributed by atoms with Gasteiger partial charge in [-0.25, -0.2) is 0 Å². The lowest BCUT2D eigenvalue weighted by molar-refractivity contribution is -0.149. The Morgan fingerprint density at radius 2 is 1.82 bits per heavy atom. The van der Waals surface area contributed by atoms with Crippen molar-refractivity contribution in [2.75, 3.05) is 26.7 Å². The highest BCUT2D eigenvalue weighted by Crippen LogP contribution is 2.72. The van der Waals surface area contributed by atoms with Gasteiger partial charge in [0.05, 0.1) is 29.2 Å². The van der Waals surface area contributed by atoms with Gasteiger partial charge in [0.25, 0.3) is 0 Å². The van der Waals surface area contributed by atoms with Gasteiger partial charge < -0.3 is 19.8 Å². The quantitative estimate of drug-likeness (QED) is 0.399. The summed E-state index contributed by atoms with van der Waals surface area (Å²) in [6.07, 6.45) is 11.1. The number of carbonyl (C=O) groups excluding carboxylic acids is 3. The summed E-state index contributed by atoms with van der Waals surface area (Å²) in [5.74, 6) is -1.27. The lowest BCUT2D eigenvalue weighted by atomic mass is 9.66. The van der Waals surface area contributed by atoms with Crippen LogP contribution in [0.1, 0.15) is 72.1 Å². The Morgan fingerprint density at radius 1 is 1.16 bits per heavy atom. The highest BCUT2D eigenvalue weighted by Gasteiger charge is 2.78. The number of nitrogens with zero attached hydrogens (tertiary/aromatic N) is 3. The van der Waals surface area contributed by atoms with Crippen molar-refractivity contribution in [2.45, 2.75) is 99.8 Å². The van der Waals surface area contributed by atoms with Crippen LogP contribution in [0.4, 0.5) is 0 Å². The number of amides is 3. The maximum atomic E-state index is 14.7. The summed E-state index contributed by atoms with van der Waals surface area (Å²) in [6, 6.07) is -1.02. The van der Waals surface area contributed by atoms with Crippen LogP contribution in [0.2, 0.25) is 0 Å². The van der Waals surface area contributed by atoms with Crippen LogP contribution >= 0.6 is 11.8 Å². The number of likely N-dealkylation sites (tertiary alicyclic amines) is 1. The van der Waals surface area contributed by atoms with E-state index in [1.807, 2.05) is 18.7 Å². The van der Waals surface area contributed by atoms with Crippen LogP contribution in [0.25, 0.3) is 0 Å². The van der Waals surface area contributed by atoms with Gasteiger partial charge in [0, 0.05) is 30.9 Å². The number of hydrogen-bond donors (Lipinski definition) is 1. The summed E-state index contributed by atoms with van der Waals surface area (Å²) in [5, 5.41) is 10.6. The van der Waals surface area contributed by atoms with Crippen molar-refractivity contribution in [3.63, 3.8) is 0 Å². The van der Waals surface area contributed by atoms with Crippen LogP contribution in [0.3, 0.4) is 0 Å². The molecule has 1 aliphatic carbocycles. The van der Waals surface area contributed by atoms with E-state index in [-0.39, 0.29) is 36.3 Å². The third-order valence-corrected chi connectivity index (χ3v) is 11.9. The van der Waals surface area contributed by atoms with Gasteiger partial charge >= 0.3 is 0 Å². The molecule has 0 aromatic carbocycles. The Balaban J connectivity index is 1.82. The monoisotopic (exact) mass is 545 g/mol. The van der Waals surface area contributed by atoms with Crippen molar-refractivity contribution in [1.29, 1.82) is 0 Å². The number of hydrogen-bond acceptors (Lipinski definition) is 5. The molecule has 7 nitrogen and oxygen atoms in total. The molecule has 4 aliphatic rings. The Hall–Kier alpha value is -1.80. The molecule has 2 bridgehead atoms. The van der Waals surface area contributed by atoms with E-state index in [0.29, 0.717) is 13.1 Å². The SMILES string of the molecule is C=CCN(C)C(=O)[C@H]1[C@H]2C(=O)N([C@@H](CO)[C@@H](C)CC)C(C(=O)N(CC=C)C3CCCCC3)C23CC[C@]1(C)S3. The average Bonchev–Trinajstić information content (AvgIpc) is 3.48. The second-order valence-electron chi connectivity index (χ2n) is 12.2. The highest BCUT2D eigenvalue weighted by atomic mass is 32.2. The second-order valence-corrected chi connectivity index (χ2v) is 14.1. The Morgan fingerprint density at radius 3 is 2.39 bits per heavy atom. The summed E-state index contributed by atoms with van der Waals surface area (Å²) >= 11 is 1.71. The van der Waals surface area contributed by atoms with E-state index in [2.05, 4.69) is 20.1 Å². The number of likely N-dealkylation sites (N-methyl/N-ethyl adjacent to an activating group) is 1. The molecular weight excluding hydrogens is 498 g/mol. The molecule has 8 heteroatoms. The van der Waals surface area contributed by atoms with E-state index in [4.69, 9.17) is 0 Å². The number of aliphatic hydroxyl groups is 1. The Labute approximate surface area is 233 Å². The van der Waals surface area contributed by atoms with Crippen molar-refractivity contribution in [2.24, 2.45) is 17.8 Å². The number of rotatable bonds is 11. The third kappa shape index (κ3) is 4.53. The lowest BCUT2D eigenvalue weighted by Gasteiger charge is -2.43. The molecule has 3 amide bonds. The van der Waals surface area contributed by atoms with Crippen LogP contribution in [-0.2, 0) is 14.4 Å². The van der Waals surface area contributed by atoms with E-state index >= 15 is 0 Å². The van der Waals surface area contributed by atoms with E-state index in [0.717, 1.165) is 44.9 Å². The topological polar surface area (TPSA) is 81.2 Å². The third-order valence-electron chi connectivity index (χ3n) is 9.96. The average molecular weight is 546 g/mol. The molecule has 1 N–H and O–H groups in total. The first-order valence-electron chi connectivity index (χ1n) is 14.5. The number of aliphatic hydroxyl groups excluding tert-OH is 1. The highest BCUT2D eigenvalue weighted by molar-refractivity contribution is 8.02. The lowest BCUT2D eigenvalue weighted by Crippen LogP contribution is -2.60. The zero-order valence-corrected chi connectivity index (χ0v) is 24.5. The Bertz CT molecular complexity index is 952. The van der Waals surface area contributed by atoms with Gasteiger partial charge in [0.1, 0.15) is 6.04 Å². The van der Waals surface area contributed by atoms with Crippen molar-refractivity contribution >= 4 is 29.5 Å². The van der Waals surface area contributed by atoms with Gasteiger partial charge in [-0.15, -0.1) is 24.9 Å². The predicted molar refractivity (Wildman–Crippen MR) is 153 cm³/mol. The molecule has 3 saturated heterocycles. The van der Waals surface area contributed by atoms with E-state index in [1.165, 1.54) is 6.42 Å². The number of fused-ring (bicyclic) bond motifs is 1. The fourth-order valence-electron chi connectivity index (χ4n) is 7.82. The molecule has 1 saturated carbocycles. The molecule has 0 radical (unpaired) electrons. The molecule has 0 aromatic heterocycles. The molecule has 2 unspecified atom stereocenters. The molecule has 4 rings (SSSR count). The van der Waals surface area contributed by atoms with E-state index < -0.39 is 33.4 Å². The van der Waals surface area contributed by atoms with Gasteiger partial charge in [0.2, 0.25) is 17.7 Å². The number of thioether (sulfide) groups is 1. The first-order chi connectivity index (χ1) is 18.1. The van der Waals surface area contributed by atoms with Crippen molar-refractivity contribution in [1.82, 2.24) is 14.7 Å². The van der Waals surface area contributed by atoms with E-state index in [1.54, 1.807) is 40.8 Å². The molecule has 3 aliphatic heterocycles. The van der Waals surface area contributed by atoms with Crippen molar-refractivity contribution < 1.29 is 19.5 Å². The predicted octanol–water partition coefficient (Wildman–Crippen LogP) is 3.87. The standard InChI is InChI=1S/C30H47N3O4S/c1-7-17-31(6)26(35)23-24-27(36)33(22(19-34)20(4)9-3)25(30(24)16-15-29(23,5)38-30)28(37)32(18-8-2)21-13-11-10-12-14-21/h7-8,20-25,34H,1-2,9-19H2,3-6H3/t20-,22-,23+,24-,25?,29-,30?/m0/s1. The molecule has 4 fully saturated rings. The summed E-state index contributed by atoms with van der Waals surface area (Å²) in [4.78, 5) is 48.5. The maximum absolute atomic E-state index is 14.7. The summed E-state index contributed by atoms with van der Waals surface area (Å²) in [5.41, 5.74) is 0. The molecule has 0 aromatic rings. The second kappa shape index (κ2) is 11.4. The zero-order valence-electron chi connectivity index (χ0n) is 23.7. The normalized spacial score (nSPS) is 34.1. The fraction of sp³-hybridized carbons (Fsp3) is 0.767. The largest absolute Gasteiger partial charge is 0.394 e. The Kier molecular flexibility index (Phi) is 8.73. The minimum absolute atomic E-state index is 0.0207. The minimum Gasteiger partial charge on any atom is -0.394 e. The first kappa shape index (κ1) is 29.2. The fourth-order valence-corrected chi connectivity index (χ4v) is 10.1. The molecule has 3 heterocycles. The molecular formula is C30H47N3O4S. The summed E-state index contributed by atoms with van der Waals surface area (Å²) < 4.78 is -1.08. The van der Waals surface area contributed by atoms with Crippen LogP contribution in [0.15, 0.2) is 25.3 Å². The van der Waals surface area contributed by atoms with Gasteiger partial charge in [-0.2, -0.15) is 0 Å². The van der Waals surface area contributed by atoms with Gasteiger partial charge in [-0.3, -0.25) is 14.4 Å². The van der Waals surface area contributed by atoms with E-state index in [9.17, 15) is 19.5 Å². The molecule has 1 spiro atoms. The van der Waals surface area contributed by atoms with Crippen molar-refractivity contribution in [3.8, 4) is 0 Å². The van der Waals surface area contributed by atoms with Gasteiger partial charge in [-0.05, 0) is 38.5 Å². The van der Waals surface area contributed by atoms with Crippen LogP contribution in [-0.4, -0.2) is 91.9 Å². The first-order valence-corrected chi connectivity index (χ1v) is 15.3. The minimum atomic E-state index is -0.692. The summed E-state index contributed by atoms with van der Waals surface area (Å²) in [7, 11) is 1.76. The molecule has 7 atom stereocenters.